The van der Waals surface area contributed by atoms with Gasteiger partial charge in [0.25, 0.3) is 0 Å². The van der Waals surface area contributed by atoms with Crippen molar-refractivity contribution in [2.24, 2.45) is 0 Å². The number of hydrogen-bond donors (Lipinski definition) is 1. The van der Waals surface area contributed by atoms with E-state index in [2.05, 4.69) is 26.2 Å². The fourth-order valence-corrected chi connectivity index (χ4v) is 3.51. The Labute approximate surface area is 103 Å². The van der Waals surface area contributed by atoms with Gasteiger partial charge in [-0.15, -0.1) is 0 Å². The summed E-state index contributed by atoms with van der Waals surface area (Å²) in [7, 11) is -3.38. The molecule has 0 spiro atoms. The minimum atomic E-state index is -3.38. The first-order valence-electron chi connectivity index (χ1n) is 4.92. The van der Waals surface area contributed by atoms with Gasteiger partial charge in [0.2, 0.25) is 10.0 Å². The van der Waals surface area contributed by atoms with Crippen molar-refractivity contribution in [3.63, 3.8) is 0 Å². The van der Waals surface area contributed by atoms with Crippen molar-refractivity contribution < 1.29 is 8.42 Å². The topological polar surface area (TPSA) is 62.3 Å². The van der Waals surface area contributed by atoms with Crippen molar-refractivity contribution >= 4 is 26.0 Å². The molecule has 2 heterocycles. The Balaban J connectivity index is 2.30. The molecule has 0 aromatic carbocycles. The summed E-state index contributed by atoms with van der Waals surface area (Å²) in [6.07, 6.45) is 2.94. The average molecular weight is 306 g/mol. The number of halogens is 1. The van der Waals surface area contributed by atoms with Gasteiger partial charge in [0.05, 0.1) is 0 Å². The Hall–Kier alpha value is -0.500. The lowest BCUT2D eigenvalue weighted by molar-refractivity contribution is 0.360. The van der Waals surface area contributed by atoms with E-state index in [-0.39, 0.29) is 4.90 Å². The lowest BCUT2D eigenvalue weighted by Crippen LogP contribution is -2.46. The highest BCUT2D eigenvalue weighted by Gasteiger charge is 2.25. The quantitative estimate of drug-likeness (QED) is 0.861. The zero-order valence-corrected chi connectivity index (χ0v) is 11.0. The second-order valence-electron chi connectivity index (χ2n) is 3.49. The minimum absolute atomic E-state index is 0.240. The van der Waals surface area contributed by atoms with Gasteiger partial charge < -0.3 is 5.32 Å². The first-order valence-corrected chi connectivity index (χ1v) is 7.15. The highest BCUT2D eigenvalue weighted by molar-refractivity contribution is 9.10. The van der Waals surface area contributed by atoms with Gasteiger partial charge >= 0.3 is 0 Å². The summed E-state index contributed by atoms with van der Waals surface area (Å²) < 4.78 is 26.5. The number of aromatic nitrogens is 1. The van der Waals surface area contributed by atoms with E-state index in [4.69, 9.17) is 0 Å². The Morgan fingerprint density at radius 3 is 2.62 bits per heavy atom. The molecule has 0 saturated carbocycles. The van der Waals surface area contributed by atoms with E-state index in [9.17, 15) is 8.42 Å². The number of pyridine rings is 1. The van der Waals surface area contributed by atoms with E-state index in [0.29, 0.717) is 30.7 Å². The molecule has 1 aliphatic heterocycles. The lowest BCUT2D eigenvalue weighted by atomic mass is 10.4. The van der Waals surface area contributed by atoms with Gasteiger partial charge in [-0.1, -0.05) is 0 Å². The van der Waals surface area contributed by atoms with E-state index in [0.717, 1.165) is 0 Å². The Morgan fingerprint density at radius 1 is 1.31 bits per heavy atom. The third-order valence-electron chi connectivity index (χ3n) is 2.39. The fraction of sp³-hybridized carbons (Fsp3) is 0.444. The van der Waals surface area contributed by atoms with Gasteiger partial charge in [-0.3, -0.25) is 4.98 Å². The summed E-state index contributed by atoms with van der Waals surface area (Å²) in [4.78, 5) is 4.12. The predicted molar refractivity (Wildman–Crippen MR) is 63.6 cm³/mol. The van der Waals surface area contributed by atoms with Crippen molar-refractivity contribution in [2.45, 2.75) is 4.90 Å². The number of hydrogen-bond acceptors (Lipinski definition) is 4. The van der Waals surface area contributed by atoms with E-state index in [1.807, 2.05) is 0 Å². The van der Waals surface area contributed by atoms with Crippen LogP contribution in [-0.4, -0.2) is 43.9 Å². The van der Waals surface area contributed by atoms with Crippen LogP contribution in [0.1, 0.15) is 0 Å². The van der Waals surface area contributed by atoms with Crippen LogP contribution in [-0.2, 0) is 10.0 Å². The molecule has 1 aliphatic rings. The van der Waals surface area contributed by atoms with Crippen LogP contribution in [0.3, 0.4) is 0 Å². The monoisotopic (exact) mass is 305 g/mol. The molecule has 0 amide bonds. The van der Waals surface area contributed by atoms with E-state index in [1.54, 1.807) is 12.3 Å². The van der Waals surface area contributed by atoms with Gasteiger partial charge in [-0.05, 0) is 22.0 Å². The van der Waals surface area contributed by atoms with Crippen LogP contribution in [0.5, 0.6) is 0 Å². The molecule has 2 rings (SSSR count). The van der Waals surface area contributed by atoms with Crippen LogP contribution < -0.4 is 5.32 Å². The molecular formula is C9H12BrN3O2S. The molecule has 1 fully saturated rings. The number of nitrogens with zero attached hydrogens (tertiary/aromatic N) is 2. The fourth-order valence-electron chi connectivity index (χ4n) is 1.57. The highest BCUT2D eigenvalue weighted by atomic mass is 79.9. The van der Waals surface area contributed by atoms with Crippen molar-refractivity contribution in [3.05, 3.63) is 22.9 Å². The predicted octanol–water partition coefficient (Wildman–Crippen LogP) is 0.438. The molecule has 1 N–H and O–H groups in total. The van der Waals surface area contributed by atoms with Crippen molar-refractivity contribution in [1.29, 1.82) is 0 Å². The molecule has 7 heteroatoms. The minimum Gasteiger partial charge on any atom is -0.314 e. The number of nitrogens with one attached hydrogen (secondary N) is 1. The zero-order chi connectivity index (χ0) is 11.6. The molecule has 0 aliphatic carbocycles. The number of sulfonamides is 1. The summed E-state index contributed by atoms with van der Waals surface area (Å²) in [5.41, 5.74) is 0. The van der Waals surface area contributed by atoms with Gasteiger partial charge in [0.1, 0.15) is 4.90 Å². The molecule has 1 aromatic rings. The molecule has 0 unspecified atom stereocenters. The SMILES string of the molecule is O=S(=O)(c1cncc(Br)c1)N1CCNCC1. The van der Waals surface area contributed by atoms with Gasteiger partial charge in [0, 0.05) is 43.0 Å². The summed E-state index contributed by atoms with van der Waals surface area (Å²) in [6.45, 7) is 2.41. The van der Waals surface area contributed by atoms with Crippen LogP contribution in [0.2, 0.25) is 0 Å². The summed E-state index contributed by atoms with van der Waals surface area (Å²) in [6, 6.07) is 1.57. The lowest BCUT2D eigenvalue weighted by Gasteiger charge is -2.26. The van der Waals surface area contributed by atoms with Crippen molar-refractivity contribution in [2.75, 3.05) is 26.2 Å². The Kier molecular flexibility index (Phi) is 3.58. The molecule has 1 saturated heterocycles. The van der Waals surface area contributed by atoms with Gasteiger partial charge in [-0.2, -0.15) is 4.31 Å². The Morgan fingerprint density at radius 2 is 2.00 bits per heavy atom. The second kappa shape index (κ2) is 4.79. The van der Waals surface area contributed by atoms with Crippen LogP contribution >= 0.6 is 15.9 Å². The average Bonchev–Trinajstić information content (AvgIpc) is 2.30. The van der Waals surface area contributed by atoms with Crippen LogP contribution in [0.15, 0.2) is 27.8 Å². The van der Waals surface area contributed by atoms with Crippen LogP contribution in [0.25, 0.3) is 0 Å². The molecule has 0 atom stereocenters. The van der Waals surface area contributed by atoms with E-state index < -0.39 is 10.0 Å². The van der Waals surface area contributed by atoms with Crippen molar-refractivity contribution in [1.82, 2.24) is 14.6 Å². The summed E-state index contributed by atoms with van der Waals surface area (Å²) in [5, 5.41) is 3.12. The maximum Gasteiger partial charge on any atom is 0.244 e. The van der Waals surface area contributed by atoms with Crippen molar-refractivity contribution in [3.8, 4) is 0 Å². The number of piperazine rings is 1. The molecule has 5 nitrogen and oxygen atoms in total. The normalized spacial score (nSPS) is 18.6. The molecule has 0 bridgehead atoms. The Bertz CT molecular complexity index is 471. The van der Waals surface area contributed by atoms with Crippen LogP contribution in [0, 0.1) is 0 Å². The summed E-state index contributed by atoms with van der Waals surface area (Å²) in [5.74, 6) is 0. The third kappa shape index (κ3) is 2.42. The van der Waals surface area contributed by atoms with E-state index >= 15 is 0 Å². The smallest absolute Gasteiger partial charge is 0.244 e. The van der Waals surface area contributed by atoms with Gasteiger partial charge in [0.15, 0.2) is 0 Å². The molecule has 88 valence electrons. The standard InChI is InChI=1S/C9H12BrN3O2S/c10-8-5-9(7-12-6-8)16(14,15)13-3-1-11-2-4-13/h5-7,11H,1-4H2. The first-order chi connectivity index (χ1) is 7.60. The molecular weight excluding hydrogens is 294 g/mol. The van der Waals surface area contributed by atoms with Gasteiger partial charge in [-0.25, -0.2) is 8.42 Å². The molecule has 1 aromatic heterocycles. The molecule has 0 radical (unpaired) electrons. The maximum atomic E-state index is 12.2. The number of rotatable bonds is 2. The van der Waals surface area contributed by atoms with E-state index in [1.165, 1.54) is 10.5 Å². The summed E-state index contributed by atoms with van der Waals surface area (Å²) >= 11 is 3.22. The molecule has 16 heavy (non-hydrogen) atoms. The maximum absolute atomic E-state index is 12.2. The third-order valence-corrected chi connectivity index (χ3v) is 4.69. The second-order valence-corrected chi connectivity index (χ2v) is 6.35. The highest BCUT2D eigenvalue weighted by Crippen LogP contribution is 2.18. The van der Waals surface area contributed by atoms with Crippen LogP contribution in [0.4, 0.5) is 0 Å². The zero-order valence-electron chi connectivity index (χ0n) is 8.56. The largest absolute Gasteiger partial charge is 0.314 e. The first kappa shape index (κ1) is 12.0.